The Morgan fingerprint density at radius 2 is 2.38 bits per heavy atom. The number of hydrogen-bond acceptors (Lipinski definition) is 4. The Morgan fingerprint density at radius 1 is 1.69 bits per heavy atom. The fourth-order valence-corrected chi connectivity index (χ4v) is 2.40. The summed E-state index contributed by atoms with van der Waals surface area (Å²) in [7, 11) is -2.97. The van der Waals surface area contributed by atoms with Crippen LogP contribution in [-0.2, 0) is 9.84 Å². The van der Waals surface area contributed by atoms with Crippen molar-refractivity contribution in [2.24, 2.45) is 0 Å². The number of aliphatic hydroxyl groups is 1. The van der Waals surface area contributed by atoms with Gasteiger partial charge in [-0.2, -0.15) is 0 Å². The predicted octanol–water partition coefficient (Wildman–Crippen LogP) is -0.342. The molecule has 0 amide bonds. The summed E-state index contributed by atoms with van der Waals surface area (Å²) in [4.78, 5) is 0. The molecule has 2 unspecified atom stereocenters. The van der Waals surface area contributed by atoms with E-state index in [1.807, 2.05) is 6.92 Å². The summed E-state index contributed by atoms with van der Waals surface area (Å²) in [6.07, 6.45) is 1.91. The maximum atomic E-state index is 11.0. The standard InChI is InChI=1S/C8H15NO3S/c1-2-8(10)5-9-7-3-4-13(11,12)6-7/h3-4,7-10H,2,5-6H2,1H3. The quantitative estimate of drug-likeness (QED) is 0.659. The number of sulfone groups is 1. The highest BCUT2D eigenvalue weighted by Gasteiger charge is 2.21. The zero-order valence-electron chi connectivity index (χ0n) is 7.60. The first kappa shape index (κ1) is 10.7. The molecule has 2 atom stereocenters. The van der Waals surface area contributed by atoms with E-state index in [9.17, 15) is 13.5 Å². The molecule has 0 aromatic rings. The number of hydrogen-bond donors (Lipinski definition) is 2. The Labute approximate surface area is 78.6 Å². The molecule has 5 heteroatoms. The molecule has 0 aromatic carbocycles. The van der Waals surface area contributed by atoms with E-state index >= 15 is 0 Å². The first-order valence-corrected chi connectivity index (χ1v) is 6.07. The van der Waals surface area contributed by atoms with Crippen molar-refractivity contribution in [3.63, 3.8) is 0 Å². The van der Waals surface area contributed by atoms with Gasteiger partial charge in [0.2, 0.25) is 0 Å². The molecule has 0 saturated heterocycles. The molecule has 0 aliphatic carbocycles. The van der Waals surface area contributed by atoms with E-state index in [0.29, 0.717) is 13.0 Å². The lowest BCUT2D eigenvalue weighted by atomic mass is 10.2. The van der Waals surface area contributed by atoms with Gasteiger partial charge in [0.05, 0.1) is 11.9 Å². The zero-order valence-corrected chi connectivity index (χ0v) is 8.42. The van der Waals surface area contributed by atoms with Gasteiger partial charge in [0, 0.05) is 18.0 Å². The van der Waals surface area contributed by atoms with Crippen molar-refractivity contribution in [3.8, 4) is 0 Å². The zero-order chi connectivity index (χ0) is 9.90. The highest BCUT2D eigenvalue weighted by Crippen LogP contribution is 2.07. The molecule has 1 aliphatic heterocycles. The maximum absolute atomic E-state index is 11.0. The second kappa shape index (κ2) is 4.21. The van der Waals surface area contributed by atoms with Gasteiger partial charge in [-0.05, 0) is 6.42 Å². The molecule has 1 heterocycles. The van der Waals surface area contributed by atoms with E-state index in [1.54, 1.807) is 6.08 Å². The summed E-state index contributed by atoms with van der Waals surface area (Å²) >= 11 is 0. The van der Waals surface area contributed by atoms with Crippen LogP contribution >= 0.6 is 0 Å². The molecule has 0 radical (unpaired) electrons. The largest absolute Gasteiger partial charge is 0.392 e. The first-order chi connectivity index (χ1) is 6.03. The number of rotatable bonds is 4. The van der Waals surface area contributed by atoms with Gasteiger partial charge in [0.1, 0.15) is 0 Å². The third kappa shape index (κ3) is 3.46. The molecule has 1 aliphatic rings. The average Bonchev–Trinajstić information content (AvgIpc) is 2.41. The van der Waals surface area contributed by atoms with E-state index in [0.717, 1.165) is 0 Å². The van der Waals surface area contributed by atoms with Crippen molar-refractivity contribution in [2.75, 3.05) is 12.3 Å². The van der Waals surface area contributed by atoms with Crippen molar-refractivity contribution in [3.05, 3.63) is 11.5 Å². The van der Waals surface area contributed by atoms with E-state index in [1.165, 1.54) is 5.41 Å². The average molecular weight is 205 g/mol. The van der Waals surface area contributed by atoms with Crippen molar-refractivity contribution in [2.45, 2.75) is 25.5 Å². The van der Waals surface area contributed by atoms with Gasteiger partial charge in [-0.1, -0.05) is 13.0 Å². The van der Waals surface area contributed by atoms with Gasteiger partial charge in [-0.25, -0.2) is 8.42 Å². The van der Waals surface area contributed by atoms with Gasteiger partial charge in [-0.3, -0.25) is 0 Å². The molecule has 0 fully saturated rings. The van der Waals surface area contributed by atoms with Crippen molar-refractivity contribution in [1.82, 2.24) is 5.32 Å². The van der Waals surface area contributed by atoms with Crippen molar-refractivity contribution in [1.29, 1.82) is 0 Å². The topological polar surface area (TPSA) is 66.4 Å². The number of nitrogens with one attached hydrogen (secondary N) is 1. The number of aliphatic hydroxyl groups excluding tert-OH is 1. The molecule has 1 rings (SSSR count). The van der Waals surface area contributed by atoms with Gasteiger partial charge >= 0.3 is 0 Å². The summed E-state index contributed by atoms with van der Waals surface area (Å²) < 4.78 is 21.9. The summed E-state index contributed by atoms with van der Waals surface area (Å²) in [6.45, 7) is 2.33. The van der Waals surface area contributed by atoms with Crippen LogP contribution in [0, 0.1) is 0 Å². The molecule has 0 spiro atoms. The van der Waals surface area contributed by atoms with Crippen LogP contribution < -0.4 is 5.32 Å². The third-order valence-electron chi connectivity index (χ3n) is 2.02. The van der Waals surface area contributed by atoms with Crippen LogP contribution in [0.5, 0.6) is 0 Å². The lowest BCUT2D eigenvalue weighted by Crippen LogP contribution is -2.35. The second-order valence-corrected chi connectivity index (χ2v) is 5.17. The molecule has 2 N–H and O–H groups in total. The predicted molar refractivity (Wildman–Crippen MR) is 51.0 cm³/mol. The second-order valence-electron chi connectivity index (χ2n) is 3.23. The molecule has 76 valence electrons. The molecule has 0 bridgehead atoms. The van der Waals surface area contributed by atoms with E-state index in [-0.39, 0.29) is 11.8 Å². The fourth-order valence-electron chi connectivity index (χ4n) is 1.13. The Balaban J connectivity index is 2.30. The van der Waals surface area contributed by atoms with Crippen LogP contribution in [0.1, 0.15) is 13.3 Å². The van der Waals surface area contributed by atoms with Gasteiger partial charge in [0.25, 0.3) is 0 Å². The minimum absolute atomic E-state index is 0.115. The van der Waals surface area contributed by atoms with Crippen LogP contribution in [0.25, 0.3) is 0 Å². The third-order valence-corrected chi connectivity index (χ3v) is 3.41. The molecule has 0 saturated carbocycles. The van der Waals surface area contributed by atoms with Crippen LogP contribution in [-0.4, -0.2) is 38.0 Å². The smallest absolute Gasteiger partial charge is 0.173 e. The fraction of sp³-hybridized carbons (Fsp3) is 0.750. The summed E-state index contributed by atoms with van der Waals surface area (Å²) in [5.74, 6) is 0.115. The highest BCUT2D eigenvalue weighted by molar-refractivity contribution is 7.94. The Hall–Kier alpha value is -0.390. The van der Waals surface area contributed by atoms with E-state index in [2.05, 4.69) is 5.32 Å². The van der Waals surface area contributed by atoms with Crippen LogP contribution in [0.3, 0.4) is 0 Å². The lowest BCUT2D eigenvalue weighted by molar-refractivity contribution is 0.166. The monoisotopic (exact) mass is 205 g/mol. The van der Waals surface area contributed by atoms with Gasteiger partial charge < -0.3 is 10.4 Å². The molecular formula is C8H15NO3S. The summed E-state index contributed by atoms with van der Waals surface area (Å²) in [6, 6.07) is -0.133. The molecule has 0 aromatic heterocycles. The van der Waals surface area contributed by atoms with E-state index in [4.69, 9.17) is 0 Å². The highest BCUT2D eigenvalue weighted by atomic mass is 32.2. The van der Waals surface area contributed by atoms with Crippen LogP contribution in [0.15, 0.2) is 11.5 Å². The van der Waals surface area contributed by atoms with Crippen LogP contribution in [0.2, 0.25) is 0 Å². The Kier molecular flexibility index (Phi) is 3.47. The summed E-state index contributed by atoms with van der Waals surface area (Å²) in [5, 5.41) is 13.4. The van der Waals surface area contributed by atoms with Crippen LogP contribution in [0.4, 0.5) is 0 Å². The Bertz CT molecular complexity index is 284. The normalized spacial score (nSPS) is 27.7. The van der Waals surface area contributed by atoms with Crippen molar-refractivity contribution < 1.29 is 13.5 Å². The van der Waals surface area contributed by atoms with Gasteiger partial charge in [0.15, 0.2) is 9.84 Å². The van der Waals surface area contributed by atoms with Crippen molar-refractivity contribution >= 4 is 9.84 Å². The molecule has 13 heavy (non-hydrogen) atoms. The summed E-state index contributed by atoms with van der Waals surface area (Å²) in [5.41, 5.74) is 0. The maximum Gasteiger partial charge on any atom is 0.173 e. The SMILES string of the molecule is CCC(O)CNC1C=CS(=O)(=O)C1. The molecular weight excluding hydrogens is 190 g/mol. The minimum atomic E-state index is -2.97. The first-order valence-electron chi connectivity index (χ1n) is 4.36. The Morgan fingerprint density at radius 3 is 2.85 bits per heavy atom. The lowest BCUT2D eigenvalue weighted by Gasteiger charge is -2.12. The van der Waals surface area contributed by atoms with Gasteiger partial charge in [-0.15, -0.1) is 0 Å². The minimum Gasteiger partial charge on any atom is -0.392 e. The van der Waals surface area contributed by atoms with E-state index < -0.39 is 15.9 Å². The molecule has 4 nitrogen and oxygen atoms in total.